The van der Waals surface area contributed by atoms with Gasteiger partial charge >= 0.3 is 6.09 Å². The molecule has 1 aromatic heterocycles. The Morgan fingerprint density at radius 3 is 2.40 bits per heavy atom. The summed E-state index contributed by atoms with van der Waals surface area (Å²) in [5.74, 6) is 0.196. The molecule has 8 nitrogen and oxygen atoms in total. The van der Waals surface area contributed by atoms with E-state index in [1.165, 1.54) is 10.9 Å². The van der Waals surface area contributed by atoms with Gasteiger partial charge in [0.25, 0.3) is 5.91 Å². The maximum atomic E-state index is 12.3. The molecule has 0 radical (unpaired) electrons. The molecule has 0 aromatic carbocycles. The van der Waals surface area contributed by atoms with E-state index in [-0.39, 0.29) is 12.0 Å². The van der Waals surface area contributed by atoms with Crippen LogP contribution in [0.2, 0.25) is 0 Å². The van der Waals surface area contributed by atoms with Gasteiger partial charge in [0.2, 0.25) is 0 Å². The smallest absolute Gasteiger partial charge is 0.409 e. The fraction of sp³-hybridized carbons (Fsp3) is 0.583. The summed E-state index contributed by atoms with van der Waals surface area (Å²) in [6, 6.07) is 0. The highest BCUT2D eigenvalue weighted by Crippen LogP contribution is 2.14. The van der Waals surface area contributed by atoms with Crippen molar-refractivity contribution < 1.29 is 14.3 Å². The average molecular weight is 281 g/mol. The minimum Gasteiger partial charge on any atom is -0.450 e. The minimum absolute atomic E-state index is 0.154. The highest BCUT2D eigenvalue weighted by Gasteiger charge is 2.27. The molecule has 1 aliphatic heterocycles. The Bertz CT molecular complexity index is 505. The van der Waals surface area contributed by atoms with Gasteiger partial charge in [0.1, 0.15) is 11.4 Å². The fourth-order valence-corrected chi connectivity index (χ4v) is 2.09. The largest absolute Gasteiger partial charge is 0.450 e. The minimum atomic E-state index is -0.333. The first-order valence-corrected chi connectivity index (χ1v) is 6.53. The van der Waals surface area contributed by atoms with Gasteiger partial charge in [-0.25, -0.2) is 4.79 Å². The number of carbonyl (C=O) groups is 2. The standard InChI is InChI=1S/C12H19N5O3/c1-3-20-12(19)17-6-4-16(5-7-17)11(18)9-8-14-15(2)10(9)13/h8H,3-7,13H2,1-2H3. The van der Waals surface area contributed by atoms with E-state index in [0.29, 0.717) is 44.2 Å². The second-order valence-corrected chi connectivity index (χ2v) is 4.55. The van der Waals surface area contributed by atoms with E-state index >= 15 is 0 Å². The van der Waals surface area contributed by atoms with Crippen molar-refractivity contribution in [2.24, 2.45) is 7.05 Å². The van der Waals surface area contributed by atoms with Gasteiger partial charge in [0.15, 0.2) is 0 Å². The highest BCUT2D eigenvalue weighted by molar-refractivity contribution is 5.98. The SMILES string of the molecule is CCOC(=O)N1CCN(C(=O)c2cnn(C)c2N)CC1. The van der Waals surface area contributed by atoms with E-state index in [9.17, 15) is 9.59 Å². The van der Waals surface area contributed by atoms with Crippen LogP contribution in [0.4, 0.5) is 10.6 Å². The Kier molecular flexibility index (Phi) is 4.11. The van der Waals surface area contributed by atoms with Crippen LogP contribution in [-0.2, 0) is 11.8 Å². The summed E-state index contributed by atoms with van der Waals surface area (Å²) in [4.78, 5) is 27.1. The zero-order valence-corrected chi connectivity index (χ0v) is 11.7. The number of rotatable bonds is 2. The zero-order chi connectivity index (χ0) is 14.7. The Morgan fingerprint density at radius 1 is 1.30 bits per heavy atom. The fourth-order valence-electron chi connectivity index (χ4n) is 2.09. The van der Waals surface area contributed by atoms with Gasteiger partial charge in [-0.15, -0.1) is 0 Å². The van der Waals surface area contributed by atoms with Crippen molar-refractivity contribution in [1.29, 1.82) is 0 Å². The third kappa shape index (κ3) is 2.68. The molecule has 2 heterocycles. The molecule has 0 aliphatic carbocycles. The molecule has 2 rings (SSSR count). The van der Waals surface area contributed by atoms with Crippen LogP contribution in [0.5, 0.6) is 0 Å². The van der Waals surface area contributed by atoms with Gasteiger partial charge in [-0.1, -0.05) is 0 Å². The van der Waals surface area contributed by atoms with E-state index in [2.05, 4.69) is 5.10 Å². The molecule has 2 amide bonds. The summed E-state index contributed by atoms with van der Waals surface area (Å²) >= 11 is 0. The lowest BCUT2D eigenvalue weighted by atomic mass is 10.2. The molecule has 20 heavy (non-hydrogen) atoms. The second-order valence-electron chi connectivity index (χ2n) is 4.55. The Labute approximate surface area is 117 Å². The molecule has 110 valence electrons. The van der Waals surface area contributed by atoms with Gasteiger partial charge in [-0.3, -0.25) is 9.48 Å². The van der Waals surface area contributed by atoms with Crippen LogP contribution in [0.1, 0.15) is 17.3 Å². The van der Waals surface area contributed by atoms with Crippen molar-refractivity contribution in [1.82, 2.24) is 19.6 Å². The average Bonchev–Trinajstić information content (AvgIpc) is 2.79. The van der Waals surface area contributed by atoms with Crippen molar-refractivity contribution in [2.75, 3.05) is 38.5 Å². The number of hydrogen-bond acceptors (Lipinski definition) is 5. The first kappa shape index (κ1) is 14.2. The monoisotopic (exact) mass is 281 g/mol. The maximum Gasteiger partial charge on any atom is 0.409 e. The zero-order valence-electron chi connectivity index (χ0n) is 11.7. The van der Waals surface area contributed by atoms with Crippen LogP contribution in [-0.4, -0.2) is 64.4 Å². The number of ether oxygens (including phenoxy) is 1. The van der Waals surface area contributed by atoms with E-state index in [1.54, 1.807) is 23.8 Å². The number of nitrogens with two attached hydrogens (primary N) is 1. The summed E-state index contributed by atoms with van der Waals surface area (Å²) < 4.78 is 6.39. The third-order valence-electron chi connectivity index (χ3n) is 3.31. The third-order valence-corrected chi connectivity index (χ3v) is 3.31. The number of piperazine rings is 1. The Hall–Kier alpha value is -2.25. The molecule has 0 atom stereocenters. The van der Waals surface area contributed by atoms with Gasteiger partial charge in [0, 0.05) is 33.2 Å². The van der Waals surface area contributed by atoms with E-state index in [0.717, 1.165) is 0 Å². The van der Waals surface area contributed by atoms with Crippen LogP contribution >= 0.6 is 0 Å². The van der Waals surface area contributed by atoms with Crippen LogP contribution in [0, 0.1) is 0 Å². The number of aryl methyl sites for hydroxylation is 1. The predicted molar refractivity (Wildman–Crippen MR) is 72.1 cm³/mol. The van der Waals surface area contributed by atoms with Gasteiger partial charge in [-0.05, 0) is 6.92 Å². The van der Waals surface area contributed by atoms with Gasteiger partial charge in [0.05, 0.1) is 12.8 Å². The van der Waals surface area contributed by atoms with Crippen LogP contribution in [0.25, 0.3) is 0 Å². The maximum absolute atomic E-state index is 12.3. The van der Waals surface area contributed by atoms with E-state index in [1.807, 2.05) is 0 Å². The van der Waals surface area contributed by atoms with Crippen LogP contribution in [0.3, 0.4) is 0 Å². The second kappa shape index (κ2) is 5.81. The van der Waals surface area contributed by atoms with Crippen LogP contribution in [0.15, 0.2) is 6.20 Å². The highest BCUT2D eigenvalue weighted by atomic mass is 16.6. The molecule has 1 aliphatic rings. The van der Waals surface area contributed by atoms with Crippen molar-refractivity contribution in [3.8, 4) is 0 Å². The number of amides is 2. The molecule has 0 bridgehead atoms. The van der Waals surface area contributed by atoms with Crippen molar-refractivity contribution in [3.05, 3.63) is 11.8 Å². The van der Waals surface area contributed by atoms with Gasteiger partial charge in [-0.2, -0.15) is 5.10 Å². The lowest BCUT2D eigenvalue weighted by Crippen LogP contribution is -2.50. The number of anilines is 1. The number of nitrogen functional groups attached to an aromatic ring is 1. The lowest BCUT2D eigenvalue weighted by molar-refractivity contribution is 0.0571. The Balaban J connectivity index is 1.95. The topological polar surface area (TPSA) is 93.7 Å². The molecule has 8 heteroatoms. The molecule has 1 aromatic rings. The number of hydrogen-bond donors (Lipinski definition) is 1. The van der Waals surface area contributed by atoms with Crippen LogP contribution < -0.4 is 5.73 Å². The molecular formula is C12H19N5O3. The quantitative estimate of drug-likeness (QED) is 0.818. The predicted octanol–water partition coefficient (Wildman–Crippen LogP) is -0.0834. The van der Waals surface area contributed by atoms with E-state index in [4.69, 9.17) is 10.5 Å². The Morgan fingerprint density at radius 2 is 1.90 bits per heavy atom. The molecule has 0 spiro atoms. The van der Waals surface area contributed by atoms with Crippen molar-refractivity contribution in [2.45, 2.75) is 6.92 Å². The summed E-state index contributed by atoms with van der Waals surface area (Å²) in [5.41, 5.74) is 6.19. The molecular weight excluding hydrogens is 262 g/mol. The summed E-state index contributed by atoms with van der Waals surface area (Å²) in [7, 11) is 1.69. The summed E-state index contributed by atoms with van der Waals surface area (Å²) in [6.07, 6.45) is 1.13. The first-order valence-electron chi connectivity index (χ1n) is 6.53. The molecule has 2 N–H and O–H groups in total. The number of nitrogens with zero attached hydrogens (tertiary/aromatic N) is 4. The normalized spacial score (nSPS) is 15.3. The molecule has 0 unspecified atom stereocenters. The number of carbonyl (C=O) groups excluding carboxylic acids is 2. The molecule has 1 saturated heterocycles. The number of aromatic nitrogens is 2. The van der Waals surface area contributed by atoms with E-state index < -0.39 is 0 Å². The first-order chi connectivity index (χ1) is 9.54. The van der Waals surface area contributed by atoms with Crippen molar-refractivity contribution in [3.63, 3.8) is 0 Å². The summed E-state index contributed by atoms with van der Waals surface area (Å²) in [6.45, 7) is 3.97. The molecule has 0 saturated carbocycles. The van der Waals surface area contributed by atoms with Crippen molar-refractivity contribution >= 4 is 17.8 Å². The lowest BCUT2D eigenvalue weighted by Gasteiger charge is -2.33. The summed E-state index contributed by atoms with van der Waals surface area (Å²) in [5, 5.41) is 3.96. The van der Waals surface area contributed by atoms with Gasteiger partial charge < -0.3 is 20.3 Å². The molecule has 1 fully saturated rings.